The van der Waals surface area contributed by atoms with Gasteiger partial charge in [-0.15, -0.1) is 0 Å². The molecule has 0 bridgehead atoms. The van der Waals surface area contributed by atoms with Crippen LogP contribution in [0, 0.1) is 0 Å². The number of rotatable bonds is 6. The summed E-state index contributed by atoms with van der Waals surface area (Å²) in [7, 11) is 1.56. The lowest BCUT2D eigenvalue weighted by Gasteiger charge is -2.36. The maximum absolute atomic E-state index is 11.8. The van der Waals surface area contributed by atoms with E-state index in [9.17, 15) is 9.90 Å². The van der Waals surface area contributed by atoms with Crippen LogP contribution in [-0.2, 0) is 9.53 Å². The summed E-state index contributed by atoms with van der Waals surface area (Å²) in [5.74, 6) is 0.0179. The molecule has 17 heavy (non-hydrogen) atoms. The number of nitrogens with zero attached hydrogens (tertiary/aromatic N) is 1. The Labute approximate surface area is 102 Å². The fourth-order valence-electron chi connectivity index (χ4n) is 2.03. The Morgan fingerprint density at radius 3 is 3.12 bits per heavy atom. The van der Waals surface area contributed by atoms with Crippen molar-refractivity contribution in [1.82, 2.24) is 15.5 Å². The second-order valence-corrected chi connectivity index (χ2v) is 4.22. The van der Waals surface area contributed by atoms with E-state index in [0.717, 1.165) is 13.1 Å². The summed E-state index contributed by atoms with van der Waals surface area (Å²) in [6.07, 6.45) is -0.546. The molecule has 6 nitrogen and oxygen atoms in total. The van der Waals surface area contributed by atoms with Crippen LogP contribution in [0.2, 0.25) is 0 Å². The number of carbonyl (C=O) groups is 1. The molecule has 3 N–H and O–H groups in total. The van der Waals surface area contributed by atoms with Crippen LogP contribution < -0.4 is 10.6 Å². The Morgan fingerprint density at radius 2 is 2.47 bits per heavy atom. The predicted molar refractivity (Wildman–Crippen MR) is 64.8 cm³/mol. The lowest BCUT2D eigenvalue weighted by molar-refractivity contribution is -0.127. The van der Waals surface area contributed by atoms with Crippen molar-refractivity contribution in [2.24, 2.45) is 0 Å². The van der Waals surface area contributed by atoms with E-state index in [1.807, 2.05) is 11.8 Å². The summed E-state index contributed by atoms with van der Waals surface area (Å²) < 4.78 is 4.90. The number of nitrogens with one attached hydrogen (secondary N) is 2. The molecule has 1 fully saturated rings. The summed E-state index contributed by atoms with van der Waals surface area (Å²) in [5.41, 5.74) is 0. The number of β-amino-alcohol motifs (C(OH)–C–C–N with tert-alkyl or cyclic N) is 1. The summed E-state index contributed by atoms with van der Waals surface area (Å²) in [6, 6.07) is -0.199. The maximum Gasteiger partial charge on any atom is 0.238 e. The molecule has 1 saturated heterocycles. The van der Waals surface area contributed by atoms with Gasteiger partial charge in [0.1, 0.15) is 6.04 Å². The standard InChI is InChI=1S/C11H23N3O3/c1-3-13-11(16)10-6-12-4-5-14(10)7-9(15)8-17-2/h9-10,12,15H,3-8H2,1-2H3,(H,13,16). The zero-order valence-corrected chi connectivity index (χ0v) is 10.6. The van der Waals surface area contributed by atoms with Crippen molar-refractivity contribution in [3.8, 4) is 0 Å². The number of carbonyl (C=O) groups excluding carboxylic acids is 1. The summed E-state index contributed by atoms with van der Waals surface area (Å²) in [4.78, 5) is 13.8. The van der Waals surface area contributed by atoms with Gasteiger partial charge in [-0.3, -0.25) is 9.69 Å². The van der Waals surface area contributed by atoms with Gasteiger partial charge in [-0.1, -0.05) is 0 Å². The van der Waals surface area contributed by atoms with E-state index < -0.39 is 6.10 Å². The minimum absolute atomic E-state index is 0.0179. The average Bonchev–Trinajstić information content (AvgIpc) is 2.30. The molecule has 1 amide bonds. The van der Waals surface area contributed by atoms with Gasteiger partial charge in [0.15, 0.2) is 0 Å². The van der Waals surface area contributed by atoms with Crippen molar-refractivity contribution in [1.29, 1.82) is 0 Å². The van der Waals surface area contributed by atoms with Crippen LogP contribution >= 0.6 is 0 Å². The number of aliphatic hydroxyl groups is 1. The molecule has 1 aliphatic heterocycles. The monoisotopic (exact) mass is 245 g/mol. The molecule has 100 valence electrons. The number of aliphatic hydroxyl groups excluding tert-OH is 1. The smallest absolute Gasteiger partial charge is 0.238 e. The van der Waals surface area contributed by atoms with Gasteiger partial charge in [0.2, 0.25) is 5.91 Å². The zero-order valence-electron chi connectivity index (χ0n) is 10.6. The molecule has 2 atom stereocenters. The number of piperazine rings is 1. The van der Waals surface area contributed by atoms with Crippen molar-refractivity contribution in [3.63, 3.8) is 0 Å². The summed E-state index contributed by atoms with van der Waals surface area (Å²) in [6.45, 7) is 5.54. The summed E-state index contributed by atoms with van der Waals surface area (Å²) in [5, 5.41) is 15.7. The van der Waals surface area contributed by atoms with Crippen LogP contribution in [0.5, 0.6) is 0 Å². The Balaban J connectivity index is 2.50. The maximum atomic E-state index is 11.8. The molecule has 0 radical (unpaired) electrons. The van der Waals surface area contributed by atoms with E-state index >= 15 is 0 Å². The lowest BCUT2D eigenvalue weighted by Crippen LogP contribution is -2.59. The van der Waals surface area contributed by atoms with E-state index in [0.29, 0.717) is 26.2 Å². The minimum Gasteiger partial charge on any atom is -0.389 e. The third-order valence-corrected chi connectivity index (χ3v) is 2.81. The highest BCUT2D eigenvalue weighted by atomic mass is 16.5. The van der Waals surface area contributed by atoms with Gasteiger partial charge in [0.25, 0.3) is 0 Å². The zero-order chi connectivity index (χ0) is 12.7. The third kappa shape index (κ3) is 4.59. The third-order valence-electron chi connectivity index (χ3n) is 2.81. The quantitative estimate of drug-likeness (QED) is 0.526. The van der Waals surface area contributed by atoms with Crippen LogP contribution in [0.25, 0.3) is 0 Å². The number of hydrogen-bond donors (Lipinski definition) is 3. The second kappa shape index (κ2) is 7.60. The largest absolute Gasteiger partial charge is 0.389 e. The Kier molecular flexibility index (Phi) is 6.43. The Bertz CT molecular complexity index is 238. The van der Waals surface area contributed by atoms with E-state index in [1.165, 1.54) is 0 Å². The molecule has 0 aromatic rings. The number of likely N-dealkylation sites (N-methyl/N-ethyl adjacent to an activating group) is 1. The number of hydrogen-bond acceptors (Lipinski definition) is 5. The molecule has 2 unspecified atom stereocenters. The first-order valence-corrected chi connectivity index (χ1v) is 6.08. The second-order valence-electron chi connectivity index (χ2n) is 4.22. The van der Waals surface area contributed by atoms with Crippen LogP contribution in [0.3, 0.4) is 0 Å². The highest BCUT2D eigenvalue weighted by Gasteiger charge is 2.29. The van der Waals surface area contributed by atoms with Crippen LogP contribution in [0.15, 0.2) is 0 Å². The number of ether oxygens (including phenoxy) is 1. The Morgan fingerprint density at radius 1 is 1.71 bits per heavy atom. The van der Waals surface area contributed by atoms with Gasteiger partial charge in [0, 0.05) is 39.8 Å². The van der Waals surface area contributed by atoms with Crippen molar-refractivity contribution < 1.29 is 14.6 Å². The number of methoxy groups -OCH3 is 1. The SMILES string of the molecule is CCNC(=O)C1CNCCN1CC(O)COC. The molecular weight excluding hydrogens is 222 g/mol. The normalized spacial score (nSPS) is 23.4. The van der Waals surface area contributed by atoms with Gasteiger partial charge in [-0.2, -0.15) is 0 Å². The van der Waals surface area contributed by atoms with E-state index in [2.05, 4.69) is 10.6 Å². The molecule has 0 spiro atoms. The van der Waals surface area contributed by atoms with Gasteiger partial charge in [-0.25, -0.2) is 0 Å². The predicted octanol–water partition coefficient (Wildman–Crippen LogP) is -1.60. The first-order chi connectivity index (χ1) is 8.19. The highest BCUT2D eigenvalue weighted by Crippen LogP contribution is 2.05. The van der Waals surface area contributed by atoms with Gasteiger partial charge in [0.05, 0.1) is 12.7 Å². The average molecular weight is 245 g/mol. The van der Waals surface area contributed by atoms with Gasteiger partial charge in [-0.05, 0) is 6.92 Å². The molecule has 0 saturated carbocycles. The molecule has 0 aliphatic carbocycles. The highest BCUT2D eigenvalue weighted by molar-refractivity contribution is 5.82. The van der Waals surface area contributed by atoms with Gasteiger partial charge < -0.3 is 20.5 Å². The molecule has 0 aromatic carbocycles. The van der Waals surface area contributed by atoms with E-state index in [1.54, 1.807) is 7.11 Å². The molecule has 1 rings (SSSR count). The molecule has 1 aliphatic rings. The van der Waals surface area contributed by atoms with Crippen molar-refractivity contribution in [2.75, 3.05) is 46.4 Å². The van der Waals surface area contributed by atoms with E-state index in [-0.39, 0.29) is 11.9 Å². The first-order valence-electron chi connectivity index (χ1n) is 6.08. The fraction of sp³-hybridized carbons (Fsp3) is 0.909. The van der Waals surface area contributed by atoms with Crippen LogP contribution in [0.4, 0.5) is 0 Å². The molecule has 0 aromatic heterocycles. The van der Waals surface area contributed by atoms with E-state index in [4.69, 9.17) is 4.74 Å². The topological polar surface area (TPSA) is 73.8 Å². The first kappa shape index (κ1) is 14.4. The molecule has 1 heterocycles. The Hall–Kier alpha value is -0.690. The molecule has 6 heteroatoms. The minimum atomic E-state index is -0.546. The lowest BCUT2D eigenvalue weighted by atomic mass is 10.1. The fourth-order valence-corrected chi connectivity index (χ4v) is 2.03. The number of amides is 1. The molecular formula is C11H23N3O3. The van der Waals surface area contributed by atoms with Gasteiger partial charge >= 0.3 is 0 Å². The summed E-state index contributed by atoms with van der Waals surface area (Å²) >= 11 is 0. The van der Waals surface area contributed by atoms with Crippen molar-refractivity contribution >= 4 is 5.91 Å². The van der Waals surface area contributed by atoms with Crippen molar-refractivity contribution in [3.05, 3.63) is 0 Å². The van der Waals surface area contributed by atoms with Crippen LogP contribution in [-0.4, -0.2) is 74.5 Å². The van der Waals surface area contributed by atoms with Crippen molar-refractivity contribution in [2.45, 2.75) is 19.1 Å². The van der Waals surface area contributed by atoms with Crippen LogP contribution in [0.1, 0.15) is 6.92 Å².